The summed E-state index contributed by atoms with van der Waals surface area (Å²) in [6.07, 6.45) is 3.78. The van der Waals surface area contributed by atoms with Gasteiger partial charge in [0.1, 0.15) is 5.60 Å². The summed E-state index contributed by atoms with van der Waals surface area (Å²) < 4.78 is 6.30. The van der Waals surface area contributed by atoms with Gasteiger partial charge in [0.2, 0.25) is 0 Å². The average Bonchev–Trinajstić information content (AvgIpc) is 3.22. The highest BCUT2D eigenvalue weighted by atomic mass is 79.9. The molecule has 0 radical (unpaired) electrons. The molecule has 0 saturated heterocycles. The summed E-state index contributed by atoms with van der Waals surface area (Å²) in [4.78, 5) is 16.2. The fourth-order valence-electron chi connectivity index (χ4n) is 2.16. The molecule has 1 amide bonds. The first-order chi connectivity index (χ1) is 10.3. The molecular formula is C16H24BrN3O2. The SMILES string of the molecule is CC(C)(C)OC(=O)NC(CNCc1ccc(Br)cn1)C1CC1. The van der Waals surface area contributed by atoms with Crippen molar-refractivity contribution in [1.82, 2.24) is 15.6 Å². The topological polar surface area (TPSA) is 63.2 Å². The number of amides is 1. The van der Waals surface area contributed by atoms with Crippen LogP contribution in [0.5, 0.6) is 0 Å². The van der Waals surface area contributed by atoms with Crippen molar-refractivity contribution >= 4 is 22.0 Å². The fourth-order valence-corrected chi connectivity index (χ4v) is 2.39. The van der Waals surface area contributed by atoms with E-state index in [1.807, 2.05) is 32.9 Å². The minimum Gasteiger partial charge on any atom is -0.444 e. The summed E-state index contributed by atoms with van der Waals surface area (Å²) in [5, 5.41) is 6.34. The summed E-state index contributed by atoms with van der Waals surface area (Å²) in [6, 6.07) is 4.07. The quantitative estimate of drug-likeness (QED) is 0.807. The molecule has 1 aliphatic rings. The van der Waals surface area contributed by atoms with Crippen molar-refractivity contribution in [2.24, 2.45) is 5.92 Å². The number of pyridine rings is 1. The van der Waals surface area contributed by atoms with Crippen LogP contribution in [0, 0.1) is 5.92 Å². The van der Waals surface area contributed by atoms with Gasteiger partial charge in [-0.3, -0.25) is 4.98 Å². The van der Waals surface area contributed by atoms with Gasteiger partial charge in [-0.05, 0) is 67.6 Å². The number of alkyl carbamates (subject to hydrolysis) is 1. The molecule has 0 aliphatic heterocycles. The Labute approximate surface area is 140 Å². The number of carbonyl (C=O) groups excluding carboxylic acids is 1. The van der Waals surface area contributed by atoms with Gasteiger partial charge in [0.25, 0.3) is 0 Å². The average molecular weight is 370 g/mol. The van der Waals surface area contributed by atoms with Crippen LogP contribution in [0.2, 0.25) is 0 Å². The second-order valence-electron chi connectivity index (χ2n) is 6.69. The van der Waals surface area contributed by atoms with Gasteiger partial charge in [0, 0.05) is 29.8 Å². The first-order valence-corrected chi connectivity index (χ1v) is 8.43. The van der Waals surface area contributed by atoms with E-state index in [0.29, 0.717) is 12.5 Å². The van der Waals surface area contributed by atoms with Crippen molar-refractivity contribution in [2.45, 2.75) is 51.8 Å². The van der Waals surface area contributed by atoms with Crippen molar-refractivity contribution in [3.63, 3.8) is 0 Å². The highest BCUT2D eigenvalue weighted by Crippen LogP contribution is 2.32. The first kappa shape index (κ1) is 17.2. The number of carbonyl (C=O) groups is 1. The number of hydrogen-bond acceptors (Lipinski definition) is 4. The number of nitrogens with one attached hydrogen (secondary N) is 2. The molecule has 1 saturated carbocycles. The number of rotatable bonds is 6. The Kier molecular flexibility index (Phi) is 5.81. The zero-order chi connectivity index (χ0) is 16.2. The standard InChI is InChI=1S/C16H24BrN3O2/c1-16(2,3)22-15(21)20-14(11-4-5-11)10-18-9-13-7-6-12(17)8-19-13/h6-8,11,14,18H,4-5,9-10H2,1-3H3,(H,20,21). The molecule has 0 spiro atoms. The van der Waals surface area contributed by atoms with Crippen LogP contribution in [0.3, 0.4) is 0 Å². The van der Waals surface area contributed by atoms with Crippen molar-refractivity contribution in [3.05, 3.63) is 28.5 Å². The van der Waals surface area contributed by atoms with Gasteiger partial charge in [-0.15, -0.1) is 0 Å². The Hall–Kier alpha value is -1.14. The molecule has 1 aromatic rings. The number of nitrogens with zero attached hydrogens (tertiary/aromatic N) is 1. The molecule has 1 aliphatic carbocycles. The summed E-state index contributed by atoms with van der Waals surface area (Å²) in [5.74, 6) is 0.554. The monoisotopic (exact) mass is 369 g/mol. The van der Waals surface area contributed by atoms with Gasteiger partial charge in [-0.2, -0.15) is 0 Å². The molecular weight excluding hydrogens is 346 g/mol. The van der Waals surface area contributed by atoms with Crippen LogP contribution in [-0.2, 0) is 11.3 Å². The normalized spacial score (nSPS) is 16.2. The van der Waals surface area contributed by atoms with Gasteiger partial charge in [-0.1, -0.05) is 0 Å². The van der Waals surface area contributed by atoms with E-state index in [-0.39, 0.29) is 12.1 Å². The van der Waals surface area contributed by atoms with Gasteiger partial charge in [-0.25, -0.2) is 4.79 Å². The Bertz CT molecular complexity index is 495. The Morgan fingerprint density at radius 3 is 2.73 bits per heavy atom. The maximum Gasteiger partial charge on any atom is 0.407 e. The van der Waals surface area contributed by atoms with Crippen LogP contribution in [0.25, 0.3) is 0 Å². The fraction of sp³-hybridized carbons (Fsp3) is 0.625. The number of aromatic nitrogens is 1. The van der Waals surface area contributed by atoms with Crippen LogP contribution < -0.4 is 10.6 Å². The molecule has 1 aromatic heterocycles. The molecule has 22 heavy (non-hydrogen) atoms. The highest BCUT2D eigenvalue weighted by molar-refractivity contribution is 9.10. The molecule has 1 heterocycles. The third-order valence-corrected chi connectivity index (χ3v) is 3.82. The molecule has 1 atom stereocenters. The maximum atomic E-state index is 11.9. The van der Waals surface area contributed by atoms with E-state index in [4.69, 9.17) is 4.74 Å². The maximum absolute atomic E-state index is 11.9. The summed E-state index contributed by atoms with van der Waals surface area (Å²) in [5.41, 5.74) is 0.516. The van der Waals surface area contributed by atoms with E-state index in [2.05, 4.69) is 31.5 Å². The molecule has 6 heteroatoms. The zero-order valence-corrected chi connectivity index (χ0v) is 14.9. The van der Waals surface area contributed by atoms with Crippen molar-refractivity contribution in [3.8, 4) is 0 Å². The Balaban J connectivity index is 1.77. The lowest BCUT2D eigenvalue weighted by molar-refractivity contribution is 0.0497. The van der Waals surface area contributed by atoms with E-state index < -0.39 is 5.60 Å². The zero-order valence-electron chi connectivity index (χ0n) is 13.4. The van der Waals surface area contributed by atoms with E-state index in [0.717, 1.165) is 16.7 Å². The second kappa shape index (κ2) is 7.42. The van der Waals surface area contributed by atoms with Crippen LogP contribution >= 0.6 is 15.9 Å². The lowest BCUT2D eigenvalue weighted by Crippen LogP contribution is -2.45. The molecule has 0 aromatic carbocycles. The third kappa shape index (κ3) is 6.32. The van der Waals surface area contributed by atoms with E-state index in [1.54, 1.807) is 6.20 Å². The third-order valence-electron chi connectivity index (χ3n) is 3.35. The first-order valence-electron chi connectivity index (χ1n) is 7.64. The molecule has 0 bridgehead atoms. The van der Waals surface area contributed by atoms with Gasteiger partial charge in [0.05, 0.1) is 5.69 Å². The van der Waals surface area contributed by atoms with E-state index >= 15 is 0 Å². The summed E-state index contributed by atoms with van der Waals surface area (Å²) in [7, 11) is 0. The Morgan fingerprint density at radius 2 is 2.18 bits per heavy atom. The smallest absolute Gasteiger partial charge is 0.407 e. The molecule has 2 N–H and O–H groups in total. The second-order valence-corrected chi connectivity index (χ2v) is 7.60. The Morgan fingerprint density at radius 1 is 1.45 bits per heavy atom. The van der Waals surface area contributed by atoms with Gasteiger partial charge >= 0.3 is 6.09 Å². The number of hydrogen-bond donors (Lipinski definition) is 2. The van der Waals surface area contributed by atoms with Crippen molar-refractivity contribution < 1.29 is 9.53 Å². The van der Waals surface area contributed by atoms with Gasteiger partial charge < -0.3 is 15.4 Å². The number of ether oxygens (including phenoxy) is 1. The van der Waals surface area contributed by atoms with Crippen LogP contribution in [0.4, 0.5) is 4.79 Å². The van der Waals surface area contributed by atoms with Crippen molar-refractivity contribution in [1.29, 1.82) is 0 Å². The lowest BCUT2D eigenvalue weighted by atomic mass is 10.2. The molecule has 2 rings (SSSR count). The molecule has 5 nitrogen and oxygen atoms in total. The predicted molar refractivity (Wildman–Crippen MR) is 89.5 cm³/mol. The number of halogens is 1. The summed E-state index contributed by atoms with van der Waals surface area (Å²) >= 11 is 3.37. The van der Waals surface area contributed by atoms with E-state index in [9.17, 15) is 4.79 Å². The molecule has 122 valence electrons. The molecule has 1 fully saturated rings. The minimum absolute atomic E-state index is 0.116. The summed E-state index contributed by atoms with van der Waals surface area (Å²) in [6.45, 7) is 7.02. The van der Waals surface area contributed by atoms with Crippen LogP contribution in [0.15, 0.2) is 22.8 Å². The highest BCUT2D eigenvalue weighted by Gasteiger charge is 2.33. The van der Waals surface area contributed by atoms with Crippen LogP contribution in [-0.4, -0.2) is 29.3 Å². The van der Waals surface area contributed by atoms with Crippen molar-refractivity contribution in [2.75, 3.05) is 6.54 Å². The van der Waals surface area contributed by atoms with Crippen LogP contribution in [0.1, 0.15) is 39.3 Å². The predicted octanol–water partition coefficient (Wildman–Crippen LogP) is 3.24. The van der Waals surface area contributed by atoms with E-state index in [1.165, 1.54) is 12.8 Å². The largest absolute Gasteiger partial charge is 0.444 e. The molecule has 1 unspecified atom stereocenters. The lowest BCUT2D eigenvalue weighted by Gasteiger charge is -2.24. The van der Waals surface area contributed by atoms with Gasteiger partial charge in [0.15, 0.2) is 0 Å². The minimum atomic E-state index is -0.465.